The van der Waals surface area contributed by atoms with Gasteiger partial charge in [-0.3, -0.25) is 4.90 Å². The van der Waals surface area contributed by atoms with Crippen LogP contribution in [0.15, 0.2) is 0 Å². The summed E-state index contributed by atoms with van der Waals surface area (Å²) in [5.41, 5.74) is 0.383. The van der Waals surface area contributed by atoms with Crippen molar-refractivity contribution in [2.45, 2.75) is 70.9 Å². The van der Waals surface area contributed by atoms with Crippen LogP contribution < -0.4 is 5.32 Å². The van der Waals surface area contributed by atoms with E-state index in [4.69, 9.17) is 0 Å². The maximum atomic E-state index is 3.82. The van der Waals surface area contributed by atoms with Crippen LogP contribution in [-0.4, -0.2) is 36.1 Å². The van der Waals surface area contributed by atoms with Crippen LogP contribution in [-0.2, 0) is 0 Å². The van der Waals surface area contributed by atoms with E-state index in [9.17, 15) is 0 Å². The lowest BCUT2D eigenvalue weighted by Gasteiger charge is -2.40. The Morgan fingerprint density at radius 2 is 1.88 bits per heavy atom. The van der Waals surface area contributed by atoms with Gasteiger partial charge >= 0.3 is 0 Å². The molecule has 2 fully saturated rings. The van der Waals surface area contributed by atoms with Gasteiger partial charge < -0.3 is 5.32 Å². The Hall–Kier alpha value is -0.0800. The molecule has 1 atom stereocenters. The molecule has 1 saturated heterocycles. The molecule has 1 aliphatic carbocycles. The maximum Gasteiger partial charge on any atom is 0.0303 e. The van der Waals surface area contributed by atoms with Crippen LogP contribution >= 0.6 is 0 Å². The second-order valence-electron chi connectivity index (χ2n) is 6.28. The predicted octanol–water partition coefficient (Wildman–Crippen LogP) is 3.03. The average Bonchev–Trinajstić information content (AvgIpc) is 2.44. The van der Waals surface area contributed by atoms with Crippen LogP contribution in [0.2, 0.25) is 0 Å². The molecule has 2 heteroatoms. The summed E-state index contributed by atoms with van der Waals surface area (Å²) in [5, 5.41) is 3.82. The van der Waals surface area contributed by atoms with E-state index in [0.717, 1.165) is 12.0 Å². The van der Waals surface area contributed by atoms with Gasteiger partial charge in [-0.1, -0.05) is 20.3 Å². The highest BCUT2D eigenvalue weighted by molar-refractivity contribution is 4.94. The van der Waals surface area contributed by atoms with Gasteiger partial charge in [0.1, 0.15) is 0 Å². The quantitative estimate of drug-likeness (QED) is 0.810. The van der Waals surface area contributed by atoms with Crippen LogP contribution in [0.4, 0.5) is 0 Å². The van der Waals surface area contributed by atoms with Gasteiger partial charge in [0.05, 0.1) is 0 Å². The van der Waals surface area contributed by atoms with Crippen molar-refractivity contribution in [1.29, 1.82) is 0 Å². The van der Waals surface area contributed by atoms with Gasteiger partial charge in [-0.05, 0) is 51.5 Å². The van der Waals surface area contributed by atoms with E-state index >= 15 is 0 Å². The summed E-state index contributed by atoms with van der Waals surface area (Å²) in [4.78, 5) is 2.77. The molecule has 0 spiro atoms. The summed E-state index contributed by atoms with van der Waals surface area (Å²) >= 11 is 0. The van der Waals surface area contributed by atoms with Crippen molar-refractivity contribution in [3.05, 3.63) is 0 Å². The lowest BCUT2D eigenvalue weighted by Crippen LogP contribution is -2.52. The summed E-state index contributed by atoms with van der Waals surface area (Å²) in [5.74, 6) is 1.00. The summed E-state index contributed by atoms with van der Waals surface area (Å²) in [6, 6.07) is 0.767. The van der Waals surface area contributed by atoms with Gasteiger partial charge in [0.2, 0.25) is 0 Å². The maximum absolute atomic E-state index is 3.82. The molecule has 1 aliphatic heterocycles. The van der Waals surface area contributed by atoms with Crippen molar-refractivity contribution in [2.24, 2.45) is 5.92 Å². The van der Waals surface area contributed by atoms with Crippen LogP contribution in [0.25, 0.3) is 0 Å². The Kier molecular flexibility index (Phi) is 4.48. The van der Waals surface area contributed by atoms with Gasteiger partial charge in [-0.2, -0.15) is 0 Å². The topological polar surface area (TPSA) is 15.3 Å². The number of rotatable bonds is 4. The van der Waals surface area contributed by atoms with Crippen LogP contribution in [0.5, 0.6) is 0 Å². The molecule has 2 nitrogen and oxygen atoms in total. The van der Waals surface area contributed by atoms with E-state index in [0.29, 0.717) is 5.54 Å². The number of nitrogens with zero attached hydrogens (tertiary/aromatic N) is 1. The van der Waals surface area contributed by atoms with Crippen molar-refractivity contribution in [1.82, 2.24) is 10.2 Å². The monoisotopic (exact) mass is 238 g/mol. The fourth-order valence-corrected chi connectivity index (χ4v) is 3.30. The number of hydrogen-bond acceptors (Lipinski definition) is 2. The third-order valence-corrected chi connectivity index (χ3v) is 5.26. The van der Waals surface area contributed by atoms with E-state index < -0.39 is 0 Å². The average molecular weight is 238 g/mol. The molecule has 2 rings (SSSR count). The highest BCUT2D eigenvalue weighted by Gasteiger charge is 2.34. The standard InChI is InChI=1S/C15H30N2/c1-4-15(5-2)12-17(11-14-7-6-8-14)13(3)9-10-16-15/h13-14,16H,4-12H2,1-3H3. The molecule has 17 heavy (non-hydrogen) atoms. The minimum atomic E-state index is 0.383. The summed E-state index contributed by atoms with van der Waals surface area (Å²) < 4.78 is 0. The molecule has 100 valence electrons. The lowest BCUT2D eigenvalue weighted by atomic mass is 9.84. The highest BCUT2D eigenvalue weighted by atomic mass is 15.2. The first-order valence-electron chi connectivity index (χ1n) is 7.68. The van der Waals surface area contributed by atoms with Crippen molar-refractivity contribution in [2.75, 3.05) is 19.6 Å². The zero-order valence-electron chi connectivity index (χ0n) is 12.0. The summed E-state index contributed by atoms with van der Waals surface area (Å²) in [6.07, 6.45) is 8.25. The number of nitrogens with one attached hydrogen (secondary N) is 1. The molecular formula is C15H30N2. The van der Waals surface area contributed by atoms with E-state index in [1.807, 2.05) is 0 Å². The van der Waals surface area contributed by atoms with E-state index in [-0.39, 0.29) is 0 Å². The van der Waals surface area contributed by atoms with E-state index in [1.165, 1.54) is 58.2 Å². The normalized spacial score (nSPS) is 30.9. The van der Waals surface area contributed by atoms with Crippen molar-refractivity contribution >= 4 is 0 Å². The van der Waals surface area contributed by atoms with Crippen molar-refractivity contribution in [3.63, 3.8) is 0 Å². The fourth-order valence-electron chi connectivity index (χ4n) is 3.30. The predicted molar refractivity (Wildman–Crippen MR) is 74.3 cm³/mol. The molecule has 1 saturated carbocycles. The van der Waals surface area contributed by atoms with Gasteiger partial charge in [-0.25, -0.2) is 0 Å². The fraction of sp³-hybridized carbons (Fsp3) is 1.00. The Morgan fingerprint density at radius 3 is 2.41 bits per heavy atom. The first-order chi connectivity index (χ1) is 8.19. The van der Waals surface area contributed by atoms with Crippen LogP contribution in [0, 0.1) is 5.92 Å². The molecule has 1 heterocycles. The molecule has 1 N–H and O–H groups in total. The SMILES string of the molecule is CCC1(CC)CN(CC2CCC2)C(C)CCN1. The second kappa shape index (κ2) is 5.71. The molecule has 0 amide bonds. The van der Waals surface area contributed by atoms with Crippen LogP contribution in [0.1, 0.15) is 59.3 Å². The molecule has 0 aromatic carbocycles. The van der Waals surface area contributed by atoms with E-state index in [1.54, 1.807) is 0 Å². The second-order valence-corrected chi connectivity index (χ2v) is 6.28. The molecule has 0 radical (unpaired) electrons. The minimum Gasteiger partial charge on any atom is -0.310 e. The molecule has 0 bridgehead atoms. The molecule has 0 aromatic rings. The Balaban J connectivity index is 1.99. The van der Waals surface area contributed by atoms with Crippen molar-refractivity contribution in [3.8, 4) is 0 Å². The Morgan fingerprint density at radius 1 is 1.18 bits per heavy atom. The third-order valence-electron chi connectivity index (χ3n) is 5.26. The lowest BCUT2D eigenvalue weighted by molar-refractivity contribution is 0.112. The minimum absolute atomic E-state index is 0.383. The van der Waals surface area contributed by atoms with Gasteiger partial charge in [0, 0.05) is 24.7 Å². The largest absolute Gasteiger partial charge is 0.310 e. The molecule has 1 unspecified atom stereocenters. The zero-order chi connectivity index (χ0) is 12.3. The smallest absolute Gasteiger partial charge is 0.0303 e. The van der Waals surface area contributed by atoms with Crippen molar-refractivity contribution < 1.29 is 0 Å². The molecular weight excluding hydrogens is 208 g/mol. The Bertz CT molecular complexity index is 231. The Labute approximate surface area is 107 Å². The zero-order valence-corrected chi connectivity index (χ0v) is 12.0. The molecule has 0 aromatic heterocycles. The van der Waals surface area contributed by atoms with Crippen LogP contribution in [0.3, 0.4) is 0 Å². The summed E-state index contributed by atoms with van der Waals surface area (Å²) in [6.45, 7) is 10.9. The first-order valence-corrected chi connectivity index (χ1v) is 7.68. The van der Waals surface area contributed by atoms with E-state index in [2.05, 4.69) is 31.0 Å². The van der Waals surface area contributed by atoms with Gasteiger partial charge in [0.15, 0.2) is 0 Å². The van der Waals surface area contributed by atoms with Gasteiger partial charge in [-0.15, -0.1) is 0 Å². The van der Waals surface area contributed by atoms with Gasteiger partial charge in [0.25, 0.3) is 0 Å². The number of hydrogen-bond donors (Lipinski definition) is 1. The third kappa shape index (κ3) is 3.03. The first kappa shape index (κ1) is 13.4. The highest BCUT2D eigenvalue weighted by Crippen LogP contribution is 2.30. The molecule has 2 aliphatic rings. The summed E-state index contributed by atoms with van der Waals surface area (Å²) in [7, 11) is 0.